The normalized spacial score (nSPS) is 10.4. The molecule has 132 valence electrons. The van der Waals surface area contributed by atoms with Crippen molar-refractivity contribution in [1.29, 1.82) is 0 Å². The molecule has 0 radical (unpaired) electrons. The van der Waals surface area contributed by atoms with Crippen LogP contribution < -0.4 is 16.0 Å². The third-order valence-corrected chi connectivity index (χ3v) is 3.28. The molecular formula is C18H23N5O2. The lowest BCUT2D eigenvalue weighted by molar-refractivity contribution is -0.116. The summed E-state index contributed by atoms with van der Waals surface area (Å²) in [5.74, 6) is -0.0804. The molecule has 0 aliphatic heterocycles. The molecule has 1 aromatic heterocycles. The molecule has 0 saturated carbocycles. The summed E-state index contributed by atoms with van der Waals surface area (Å²) in [6.45, 7) is 1.05. The number of benzene rings is 1. The zero-order valence-electron chi connectivity index (χ0n) is 14.5. The summed E-state index contributed by atoms with van der Waals surface area (Å²) in [6, 6.07) is 12.7. The van der Waals surface area contributed by atoms with Gasteiger partial charge in [0.05, 0.1) is 18.8 Å². The first-order valence-electron chi connectivity index (χ1n) is 7.98. The van der Waals surface area contributed by atoms with Crippen LogP contribution in [0.3, 0.4) is 0 Å². The molecule has 3 amide bonds. The van der Waals surface area contributed by atoms with Crippen LogP contribution >= 0.6 is 0 Å². The van der Waals surface area contributed by atoms with Crippen molar-refractivity contribution in [3.05, 3.63) is 59.9 Å². The zero-order chi connectivity index (χ0) is 18.1. The Labute approximate surface area is 147 Å². The Morgan fingerprint density at radius 2 is 1.84 bits per heavy atom. The Bertz CT molecular complexity index is 704. The van der Waals surface area contributed by atoms with Crippen LogP contribution in [0.1, 0.15) is 11.3 Å². The summed E-state index contributed by atoms with van der Waals surface area (Å²) in [5.41, 5.74) is 2.40. The number of urea groups is 1. The van der Waals surface area contributed by atoms with Crippen molar-refractivity contribution < 1.29 is 9.59 Å². The van der Waals surface area contributed by atoms with Crippen molar-refractivity contribution in [2.75, 3.05) is 26.0 Å². The Kier molecular flexibility index (Phi) is 6.91. The summed E-state index contributed by atoms with van der Waals surface area (Å²) < 4.78 is 0. The van der Waals surface area contributed by atoms with Gasteiger partial charge in [-0.05, 0) is 43.9 Å². The molecule has 7 nitrogen and oxygen atoms in total. The van der Waals surface area contributed by atoms with Crippen LogP contribution in [0.25, 0.3) is 0 Å². The van der Waals surface area contributed by atoms with Gasteiger partial charge in [0.15, 0.2) is 0 Å². The standard InChI is InChI=1S/C18H23N5O2/c1-23(2)13-17(24)22-15-8-5-6-14(10-15)11-20-18(25)21-12-16-7-3-4-9-19-16/h3-10H,11-13H2,1-2H3,(H,22,24)(H2,20,21,25). The summed E-state index contributed by atoms with van der Waals surface area (Å²) in [6.07, 6.45) is 1.69. The van der Waals surface area contributed by atoms with E-state index >= 15 is 0 Å². The first kappa shape index (κ1) is 18.4. The summed E-state index contributed by atoms with van der Waals surface area (Å²) in [4.78, 5) is 29.6. The van der Waals surface area contributed by atoms with Gasteiger partial charge in [0.25, 0.3) is 0 Å². The summed E-state index contributed by atoms with van der Waals surface area (Å²) in [5, 5.41) is 8.36. The van der Waals surface area contributed by atoms with E-state index in [9.17, 15) is 9.59 Å². The lowest BCUT2D eigenvalue weighted by atomic mass is 10.2. The number of nitrogens with one attached hydrogen (secondary N) is 3. The summed E-state index contributed by atoms with van der Waals surface area (Å²) in [7, 11) is 3.67. The minimum Gasteiger partial charge on any atom is -0.334 e. The van der Waals surface area contributed by atoms with Crippen molar-refractivity contribution in [2.45, 2.75) is 13.1 Å². The van der Waals surface area contributed by atoms with Crippen LogP contribution in [-0.4, -0.2) is 42.5 Å². The molecule has 2 rings (SSSR count). The summed E-state index contributed by atoms with van der Waals surface area (Å²) >= 11 is 0. The average Bonchev–Trinajstić information content (AvgIpc) is 2.58. The molecule has 25 heavy (non-hydrogen) atoms. The van der Waals surface area contributed by atoms with Gasteiger partial charge < -0.3 is 20.9 Å². The highest BCUT2D eigenvalue weighted by atomic mass is 16.2. The zero-order valence-corrected chi connectivity index (χ0v) is 14.5. The third-order valence-electron chi connectivity index (χ3n) is 3.28. The Morgan fingerprint density at radius 1 is 1.04 bits per heavy atom. The van der Waals surface area contributed by atoms with E-state index in [1.54, 1.807) is 11.1 Å². The highest BCUT2D eigenvalue weighted by molar-refractivity contribution is 5.92. The number of hydrogen-bond donors (Lipinski definition) is 3. The van der Waals surface area contributed by atoms with Gasteiger partial charge in [-0.2, -0.15) is 0 Å². The van der Waals surface area contributed by atoms with E-state index in [2.05, 4.69) is 20.9 Å². The number of rotatable bonds is 7. The van der Waals surface area contributed by atoms with Crippen LogP contribution in [-0.2, 0) is 17.9 Å². The second-order valence-electron chi connectivity index (χ2n) is 5.84. The molecule has 0 saturated heterocycles. The first-order chi connectivity index (χ1) is 12.0. The third kappa shape index (κ3) is 7.01. The van der Waals surface area contributed by atoms with E-state index < -0.39 is 0 Å². The van der Waals surface area contributed by atoms with Gasteiger partial charge in [0.1, 0.15) is 0 Å². The molecular weight excluding hydrogens is 318 g/mol. The number of carbonyl (C=O) groups is 2. The van der Waals surface area contributed by atoms with Crippen LogP contribution in [0.4, 0.5) is 10.5 Å². The highest BCUT2D eigenvalue weighted by Gasteiger charge is 2.05. The second-order valence-corrected chi connectivity index (χ2v) is 5.84. The molecule has 0 spiro atoms. The fourth-order valence-electron chi connectivity index (χ4n) is 2.17. The fraction of sp³-hybridized carbons (Fsp3) is 0.278. The van der Waals surface area contributed by atoms with Crippen LogP contribution in [0.2, 0.25) is 0 Å². The van der Waals surface area contributed by atoms with E-state index in [1.807, 2.05) is 56.6 Å². The molecule has 1 heterocycles. The maximum absolute atomic E-state index is 11.8. The van der Waals surface area contributed by atoms with Gasteiger partial charge in [0, 0.05) is 18.4 Å². The quantitative estimate of drug-likeness (QED) is 0.714. The highest BCUT2D eigenvalue weighted by Crippen LogP contribution is 2.10. The number of hydrogen-bond acceptors (Lipinski definition) is 4. The van der Waals surface area contributed by atoms with Gasteiger partial charge >= 0.3 is 6.03 Å². The van der Waals surface area contributed by atoms with E-state index in [0.717, 1.165) is 11.3 Å². The number of carbonyl (C=O) groups excluding carboxylic acids is 2. The van der Waals surface area contributed by atoms with Crippen LogP contribution in [0.15, 0.2) is 48.7 Å². The Hall–Kier alpha value is -2.93. The minimum absolute atomic E-state index is 0.0804. The van der Waals surface area contributed by atoms with Gasteiger partial charge in [-0.3, -0.25) is 9.78 Å². The number of likely N-dealkylation sites (N-methyl/N-ethyl adjacent to an activating group) is 1. The van der Waals surface area contributed by atoms with Crippen LogP contribution in [0, 0.1) is 0 Å². The van der Waals surface area contributed by atoms with Crippen molar-refractivity contribution in [3.8, 4) is 0 Å². The number of nitrogens with zero attached hydrogens (tertiary/aromatic N) is 2. The molecule has 0 fully saturated rings. The first-order valence-corrected chi connectivity index (χ1v) is 7.98. The molecule has 1 aromatic carbocycles. The van der Waals surface area contributed by atoms with Crippen molar-refractivity contribution >= 4 is 17.6 Å². The lowest BCUT2D eigenvalue weighted by Crippen LogP contribution is -2.34. The van der Waals surface area contributed by atoms with E-state index in [1.165, 1.54) is 0 Å². The predicted octanol–water partition coefficient (Wildman–Crippen LogP) is 1.58. The molecule has 2 aromatic rings. The van der Waals surface area contributed by atoms with Crippen molar-refractivity contribution in [1.82, 2.24) is 20.5 Å². The minimum atomic E-state index is -0.271. The largest absolute Gasteiger partial charge is 0.334 e. The smallest absolute Gasteiger partial charge is 0.315 e. The number of amides is 3. The monoisotopic (exact) mass is 341 g/mol. The maximum Gasteiger partial charge on any atom is 0.315 e. The SMILES string of the molecule is CN(C)CC(=O)Nc1cccc(CNC(=O)NCc2ccccn2)c1. The average molecular weight is 341 g/mol. The molecule has 0 unspecified atom stereocenters. The number of pyridine rings is 1. The maximum atomic E-state index is 11.8. The second kappa shape index (κ2) is 9.39. The Balaban J connectivity index is 1.79. The van der Waals surface area contributed by atoms with E-state index in [4.69, 9.17) is 0 Å². The number of aromatic nitrogens is 1. The molecule has 0 atom stereocenters. The van der Waals surface area contributed by atoms with E-state index in [-0.39, 0.29) is 11.9 Å². The van der Waals surface area contributed by atoms with E-state index in [0.29, 0.717) is 25.3 Å². The topological polar surface area (TPSA) is 86.4 Å². The molecule has 3 N–H and O–H groups in total. The van der Waals surface area contributed by atoms with Gasteiger partial charge in [-0.25, -0.2) is 4.79 Å². The van der Waals surface area contributed by atoms with Crippen molar-refractivity contribution in [2.24, 2.45) is 0 Å². The van der Waals surface area contributed by atoms with Crippen LogP contribution in [0.5, 0.6) is 0 Å². The number of anilines is 1. The van der Waals surface area contributed by atoms with Crippen molar-refractivity contribution in [3.63, 3.8) is 0 Å². The lowest BCUT2D eigenvalue weighted by Gasteiger charge is -2.11. The molecule has 7 heteroatoms. The fourth-order valence-corrected chi connectivity index (χ4v) is 2.17. The van der Waals surface area contributed by atoms with Gasteiger partial charge in [-0.15, -0.1) is 0 Å². The molecule has 0 bridgehead atoms. The Morgan fingerprint density at radius 3 is 2.56 bits per heavy atom. The van der Waals surface area contributed by atoms with Gasteiger partial charge in [0.2, 0.25) is 5.91 Å². The molecule has 0 aliphatic rings. The van der Waals surface area contributed by atoms with Gasteiger partial charge in [-0.1, -0.05) is 18.2 Å². The predicted molar refractivity (Wildman–Crippen MR) is 96.9 cm³/mol. The molecule has 0 aliphatic carbocycles.